The van der Waals surface area contributed by atoms with Crippen LogP contribution in [0.15, 0.2) is 24.3 Å². The molecular weight excluding hydrogens is 294 g/mol. The number of carbonyl (C=O) groups is 2. The van der Waals surface area contributed by atoms with Gasteiger partial charge in [0.1, 0.15) is 12.6 Å². The van der Waals surface area contributed by atoms with E-state index in [1.165, 1.54) is 11.9 Å². The van der Waals surface area contributed by atoms with Gasteiger partial charge >= 0.3 is 6.09 Å². The Kier molecular flexibility index (Phi) is 9.46. The molecular formula is C17H29N3O3. The average Bonchev–Trinajstić information content (AvgIpc) is 2.54. The Morgan fingerprint density at radius 3 is 2.13 bits per heavy atom. The lowest BCUT2D eigenvalue weighted by Crippen LogP contribution is -2.48. The molecule has 0 saturated carbocycles. The molecule has 0 aliphatic rings. The SMILES string of the molecule is CC.CNc1ccc(COC(=O)N(C)C(C(N)=O)C(C)C)cc1. The van der Waals surface area contributed by atoms with E-state index in [9.17, 15) is 9.59 Å². The van der Waals surface area contributed by atoms with Gasteiger partial charge in [-0.15, -0.1) is 0 Å². The minimum Gasteiger partial charge on any atom is -0.445 e. The first kappa shape index (κ1) is 20.8. The first-order valence-corrected chi connectivity index (χ1v) is 7.82. The smallest absolute Gasteiger partial charge is 0.410 e. The van der Waals surface area contributed by atoms with Crippen molar-refractivity contribution in [3.63, 3.8) is 0 Å². The Hall–Kier alpha value is -2.24. The molecule has 0 fully saturated rings. The van der Waals surface area contributed by atoms with E-state index in [-0.39, 0.29) is 12.5 Å². The van der Waals surface area contributed by atoms with Crippen LogP contribution in [0.2, 0.25) is 0 Å². The van der Waals surface area contributed by atoms with Crippen molar-refractivity contribution in [3.05, 3.63) is 29.8 Å². The standard InChI is InChI=1S/C15H23N3O3.C2H6/c1-10(2)13(14(16)19)18(4)15(20)21-9-11-5-7-12(17-3)8-6-11;1-2/h5-8,10,13,17H,9H2,1-4H3,(H2,16,19);1-2H3. The van der Waals surface area contributed by atoms with Crippen LogP contribution >= 0.6 is 0 Å². The van der Waals surface area contributed by atoms with Crippen molar-refractivity contribution in [3.8, 4) is 0 Å². The summed E-state index contributed by atoms with van der Waals surface area (Å²) in [5, 5.41) is 3.01. The maximum atomic E-state index is 12.0. The molecule has 0 heterocycles. The Bertz CT molecular complexity index is 486. The normalized spacial score (nSPS) is 11.1. The topological polar surface area (TPSA) is 84.7 Å². The second-order valence-corrected chi connectivity index (χ2v) is 5.20. The van der Waals surface area contributed by atoms with Crippen molar-refractivity contribution >= 4 is 17.7 Å². The van der Waals surface area contributed by atoms with Crippen LogP contribution in [0.5, 0.6) is 0 Å². The number of benzene rings is 1. The van der Waals surface area contributed by atoms with Crippen LogP contribution in [-0.4, -0.2) is 37.0 Å². The first-order valence-electron chi connectivity index (χ1n) is 7.82. The number of likely N-dealkylation sites (N-methyl/N-ethyl adjacent to an activating group) is 1. The number of nitrogens with zero attached hydrogens (tertiary/aromatic N) is 1. The molecule has 1 aromatic rings. The van der Waals surface area contributed by atoms with Crippen LogP contribution in [0.3, 0.4) is 0 Å². The van der Waals surface area contributed by atoms with Crippen LogP contribution in [0, 0.1) is 5.92 Å². The van der Waals surface area contributed by atoms with Gasteiger partial charge < -0.3 is 15.8 Å². The highest BCUT2D eigenvalue weighted by molar-refractivity contribution is 5.84. The number of anilines is 1. The lowest BCUT2D eigenvalue weighted by atomic mass is 10.0. The zero-order chi connectivity index (χ0) is 18.0. The molecule has 130 valence electrons. The van der Waals surface area contributed by atoms with Crippen LogP contribution in [-0.2, 0) is 16.1 Å². The lowest BCUT2D eigenvalue weighted by molar-refractivity contribution is -0.123. The Morgan fingerprint density at radius 2 is 1.74 bits per heavy atom. The van der Waals surface area contributed by atoms with Crippen LogP contribution in [0.1, 0.15) is 33.3 Å². The minimum absolute atomic E-state index is 0.0741. The van der Waals surface area contributed by atoms with Crippen LogP contribution < -0.4 is 11.1 Å². The maximum Gasteiger partial charge on any atom is 0.410 e. The number of amides is 2. The van der Waals surface area contributed by atoms with E-state index >= 15 is 0 Å². The molecule has 0 spiro atoms. The second kappa shape index (κ2) is 10.5. The number of hydrogen-bond acceptors (Lipinski definition) is 4. The van der Waals surface area contributed by atoms with Crippen molar-refractivity contribution in [2.45, 2.75) is 40.3 Å². The minimum atomic E-state index is -0.677. The second-order valence-electron chi connectivity index (χ2n) is 5.20. The van der Waals surface area contributed by atoms with Gasteiger partial charge in [0.15, 0.2) is 0 Å². The van der Waals surface area contributed by atoms with Gasteiger partial charge in [-0.05, 0) is 23.6 Å². The number of hydrogen-bond donors (Lipinski definition) is 2. The first-order chi connectivity index (χ1) is 10.9. The summed E-state index contributed by atoms with van der Waals surface area (Å²) < 4.78 is 5.20. The number of nitrogens with two attached hydrogens (primary N) is 1. The predicted molar refractivity (Wildman–Crippen MR) is 93.1 cm³/mol. The summed E-state index contributed by atoms with van der Waals surface area (Å²) in [6.07, 6.45) is -0.565. The Labute approximate surface area is 139 Å². The molecule has 0 aliphatic heterocycles. The highest BCUT2D eigenvalue weighted by Gasteiger charge is 2.28. The molecule has 1 aromatic carbocycles. The number of carbonyl (C=O) groups excluding carboxylic acids is 2. The zero-order valence-corrected chi connectivity index (χ0v) is 14.9. The molecule has 6 nitrogen and oxygen atoms in total. The van der Waals surface area contributed by atoms with Gasteiger partial charge in [-0.25, -0.2) is 4.79 Å². The van der Waals surface area contributed by atoms with E-state index in [1.54, 1.807) is 0 Å². The molecule has 1 atom stereocenters. The fourth-order valence-electron chi connectivity index (χ4n) is 2.09. The van der Waals surface area contributed by atoms with E-state index < -0.39 is 18.0 Å². The van der Waals surface area contributed by atoms with Gasteiger partial charge in [-0.3, -0.25) is 9.69 Å². The van der Waals surface area contributed by atoms with E-state index in [2.05, 4.69) is 5.32 Å². The number of ether oxygens (including phenoxy) is 1. The van der Waals surface area contributed by atoms with Gasteiger partial charge in [0.05, 0.1) is 0 Å². The molecule has 1 rings (SSSR count). The molecule has 0 aromatic heterocycles. The van der Waals surface area contributed by atoms with Crippen molar-refractivity contribution in [1.29, 1.82) is 0 Å². The Balaban J connectivity index is 0.00000232. The quantitative estimate of drug-likeness (QED) is 0.843. The average molecular weight is 323 g/mol. The lowest BCUT2D eigenvalue weighted by Gasteiger charge is -2.27. The van der Waals surface area contributed by atoms with Crippen LogP contribution in [0.4, 0.5) is 10.5 Å². The fourth-order valence-corrected chi connectivity index (χ4v) is 2.09. The molecule has 2 amide bonds. The van der Waals surface area contributed by atoms with Crippen molar-refractivity contribution in [1.82, 2.24) is 4.90 Å². The summed E-state index contributed by atoms with van der Waals surface area (Å²) in [5.41, 5.74) is 7.17. The van der Waals surface area contributed by atoms with Crippen molar-refractivity contribution in [2.24, 2.45) is 11.7 Å². The van der Waals surface area contributed by atoms with Gasteiger partial charge in [0.25, 0.3) is 0 Å². The number of nitrogens with one attached hydrogen (secondary N) is 1. The third kappa shape index (κ3) is 6.59. The van der Waals surface area contributed by atoms with Gasteiger partial charge in [-0.1, -0.05) is 39.8 Å². The third-order valence-corrected chi connectivity index (χ3v) is 3.23. The summed E-state index contributed by atoms with van der Waals surface area (Å²) >= 11 is 0. The monoisotopic (exact) mass is 323 g/mol. The highest BCUT2D eigenvalue weighted by Crippen LogP contribution is 2.13. The van der Waals surface area contributed by atoms with E-state index in [0.717, 1.165) is 11.3 Å². The molecule has 6 heteroatoms. The van der Waals surface area contributed by atoms with Crippen molar-refractivity contribution in [2.75, 3.05) is 19.4 Å². The summed E-state index contributed by atoms with van der Waals surface area (Å²) in [6.45, 7) is 7.81. The highest BCUT2D eigenvalue weighted by atomic mass is 16.6. The molecule has 23 heavy (non-hydrogen) atoms. The maximum absolute atomic E-state index is 12.0. The molecule has 1 unspecified atom stereocenters. The Morgan fingerprint density at radius 1 is 1.22 bits per heavy atom. The zero-order valence-electron chi connectivity index (χ0n) is 14.9. The molecule has 3 N–H and O–H groups in total. The summed E-state index contributed by atoms with van der Waals surface area (Å²) in [4.78, 5) is 24.6. The van der Waals surface area contributed by atoms with E-state index in [1.807, 2.05) is 59.0 Å². The van der Waals surface area contributed by atoms with Crippen molar-refractivity contribution < 1.29 is 14.3 Å². The number of rotatable bonds is 6. The van der Waals surface area contributed by atoms with Gasteiger partial charge in [-0.2, -0.15) is 0 Å². The van der Waals surface area contributed by atoms with Gasteiger partial charge in [0.2, 0.25) is 5.91 Å². The fraction of sp³-hybridized carbons (Fsp3) is 0.529. The van der Waals surface area contributed by atoms with E-state index in [4.69, 9.17) is 10.5 Å². The van der Waals surface area contributed by atoms with E-state index in [0.29, 0.717) is 0 Å². The predicted octanol–water partition coefficient (Wildman–Crippen LogP) is 2.83. The molecule has 0 aliphatic carbocycles. The molecule has 0 bridgehead atoms. The van der Waals surface area contributed by atoms with Gasteiger partial charge in [0, 0.05) is 19.8 Å². The molecule has 0 radical (unpaired) electrons. The third-order valence-electron chi connectivity index (χ3n) is 3.23. The summed E-state index contributed by atoms with van der Waals surface area (Å²) in [7, 11) is 3.35. The largest absolute Gasteiger partial charge is 0.445 e. The molecule has 0 saturated heterocycles. The summed E-state index contributed by atoms with van der Waals surface area (Å²) in [6, 6.07) is 6.85. The number of primary amides is 1. The van der Waals surface area contributed by atoms with Crippen LogP contribution in [0.25, 0.3) is 0 Å². The summed E-state index contributed by atoms with van der Waals surface area (Å²) in [5.74, 6) is -0.613.